The molecule has 2 aromatic rings. The van der Waals surface area contributed by atoms with Gasteiger partial charge in [0.1, 0.15) is 5.82 Å². The Kier molecular flexibility index (Phi) is 6.25. The lowest BCUT2D eigenvalue weighted by molar-refractivity contribution is -0.116. The number of nitrogens with zero attached hydrogens (tertiary/aromatic N) is 2. The zero-order valence-corrected chi connectivity index (χ0v) is 16.8. The fourth-order valence-corrected chi connectivity index (χ4v) is 4.77. The summed E-state index contributed by atoms with van der Waals surface area (Å²) in [5, 5.41) is 2.69. The summed E-state index contributed by atoms with van der Waals surface area (Å²) in [5.41, 5.74) is 1.16. The van der Waals surface area contributed by atoms with Crippen molar-refractivity contribution in [2.45, 2.75) is 13.0 Å². The highest BCUT2D eigenvalue weighted by atomic mass is 79.9. The van der Waals surface area contributed by atoms with E-state index in [1.54, 1.807) is 36.4 Å². The van der Waals surface area contributed by atoms with E-state index in [9.17, 15) is 17.6 Å². The predicted octanol–water partition coefficient (Wildman–Crippen LogP) is 2.98. The maximum atomic E-state index is 13.4. The van der Waals surface area contributed by atoms with Crippen LogP contribution in [0.3, 0.4) is 0 Å². The highest BCUT2D eigenvalue weighted by Crippen LogP contribution is 2.20. The first-order valence-corrected chi connectivity index (χ1v) is 10.6. The SMILES string of the molecule is O=C(CN1CCCN(Cc2cccc(F)c2)S1(=O)=O)Nc1ccc(Br)cc1. The van der Waals surface area contributed by atoms with Crippen LogP contribution in [0.15, 0.2) is 53.0 Å². The third-order valence-corrected chi connectivity index (χ3v) is 6.62. The Morgan fingerprint density at radius 3 is 2.52 bits per heavy atom. The maximum absolute atomic E-state index is 13.4. The molecule has 3 rings (SSSR count). The van der Waals surface area contributed by atoms with Crippen LogP contribution in [0.5, 0.6) is 0 Å². The summed E-state index contributed by atoms with van der Waals surface area (Å²) in [6.07, 6.45) is 0.597. The first kappa shape index (κ1) is 19.9. The van der Waals surface area contributed by atoms with Gasteiger partial charge in [-0.15, -0.1) is 0 Å². The Hall–Kier alpha value is -1.81. The molecule has 1 N–H and O–H groups in total. The van der Waals surface area contributed by atoms with Crippen molar-refractivity contribution < 1.29 is 17.6 Å². The van der Waals surface area contributed by atoms with E-state index >= 15 is 0 Å². The molecule has 6 nitrogen and oxygen atoms in total. The molecule has 144 valence electrons. The molecule has 0 spiro atoms. The molecule has 0 aromatic heterocycles. The molecule has 27 heavy (non-hydrogen) atoms. The van der Waals surface area contributed by atoms with Crippen LogP contribution in [0, 0.1) is 5.82 Å². The van der Waals surface area contributed by atoms with Gasteiger partial charge < -0.3 is 5.32 Å². The van der Waals surface area contributed by atoms with Gasteiger partial charge in [-0.25, -0.2) is 4.39 Å². The second-order valence-corrected chi connectivity index (χ2v) is 9.06. The Morgan fingerprint density at radius 2 is 1.81 bits per heavy atom. The van der Waals surface area contributed by atoms with Crippen LogP contribution in [0.2, 0.25) is 0 Å². The Labute approximate surface area is 166 Å². The molecule has 1 heterocycles. The van der Waals surface area contributed by atoms with Gasteiger partial charge in [-0.3, -0.25) is 4.79 Å². The van der Waals surface area contributed by atoms with E-state index in [-0.39, 0.29) is 19.6 Å². The van der Waals surface area contributed by atoms with Crippen LogP contribution >= 0.6 is 15.9 Å². The topological polar surface area (TPSA) is 69.7 Å². The van der Waals surface area contributed by atoms with Gasteiger partial charge in [-0.1, -0.05) is 28.1 Å². The summed E-state index contributed by atoms with van der Waals surface area (Å²) in [6.45, 7) is 0.419. The van der Waals surface area contributed by atoms with Crippen LogP contribution in [0.25, 0.3) is 0 Å². The largest absolute Gasteiger partial charge is 0.325 e. The van der Waals surface area contributed by atoms with E-state index < -0.39 is 21.9 Å². The normalized spacial score (nSPS) is 17.6. The Morgan fingerprint density at radius 1 is 1.11 bits per heavy atom. The molecule has 0 bridgehead atoms. The average Bonchev–Trinajstić information content (AvgIpc) is 2.61. The highest BCUT2D eigenvalue weighted by molar-refractivity contribution is 9.10. The van der Waals surface area contributed by atoms with Gasteiger partial charge in [0.25, 0.3) is 10.2 Å². The Balaban J connectivity index is 1.66. The number of hydrogen-bond acceptors (Lipinski definition) is 3. The second-order valence-electron chi connectivity index (χ2n) is 6.21. The van der Waals surface area contributed by atoms with Crippen molar-refractivity contribution in [1.29, 1.82) is 0 Å². The number of amides is 1. The molecule has 0 aliphatic carbocycles. The third-order valence-electron chi connectivity index (χ3n) is 4.16. The number of hydrogen-bond donors (Lipinski definition) is 1. The lowest BCUT2D eigenvalue weighted by Gasteiger charge is -2.34. The molecular formula is C18H19BrFN3O3S. The van der Waals surface area contributed by atoms with Crippen LogP contribution in [0.1, 0.15) is 12.0 Å². The first-order valence-electron chi connectivity index (χ1n) is 8.40. The number of halogens is 2. The maximum Gasteiger partial charge on any atom is 0.282 e. The van der Waals surface area contributed by atoms with E-state index in [2.05, 4.69) is 21.2 Å². The monoisotopic (exact) mass is 455 g/mol. The van der Waals surface area contributed by atoms with Crippen molar-refractivity contribution in [3.63, 3.8) is 0 Å². The molecule has 0 saturated carbocycles. The van der Waals surface area contributed by atoms with Crippen molar-refractivity contribution in [2.24, 2.45) is 0 Å². The van der Waals surface area contributed by atoms with Gasteiger partial charge in [0, 0.05) is 29.8 Å². The standard InChI is InChI=1S/C18H19BrFN3O3S/c19-15-5-7-17(8-6-15)21-18(24)13-23-10-2-9-22(27(23,25)26)12-14-3-1-4-16(20)11-14/h1,3-8,11H,2,9-10,12-13H2,(H,21,24). The molecule has 9 heteroatoms. The van der Waals surface area contributed by atoms with E-state index in [1.807, 2.05) is 0 Å². The van der Waals surface area contributed by atoms with E-state index in [1.165, 1.54) is 16.4 Å². The van der Waals surface area contributed by atoms with Gasteiger partial charge in [0.15, 0.2) is 0 Å². The number of anilines is 1. The first-order chi connectivity index (χ1) is 12.8. The summed E-state index contributed by atoms with van der Waals surface area (Å²) in [6, 6.07) is 12.9. The number of benzene rings is 2. The summed E-state index contributed by atoms with van der Waals surface area (Å²) < 4.78 is 42.3. The van der Waals surface area contributed by atoms with Gasteiger partial charge in [0.2, 0.25) is 5.91 Å². The molecule has 1 aliphatic heterocycles. The van der Waals surface area contributed by atoms with Gasteiger partial charge in [0.05, 0.1) is 6.54 Å². The Bertz CT molecular complexity index is 922. The number of nitrogens with one attached hydrogen (secondary N) is 1. The summed E-state index contributed by atoms with van der Waals surface area (Å²) in [5.74, 6) is -0.818. The number of carbonyl (C=O) groups is 1. The molecular weight excluding hydrogens is 437 g/mol. The molecule has 1 amide bonds. The fraction of sp³-hybridized carbons (Fsp3) is 0.278. The van der Waals surface area contributed by atoms with Crippen LogP contribution in [-0.4, -0.2) is 42.6 Å². The number of rotatable bonds is 5. The quantitative estimate of drug-likeness (QED) is 0.753. The molecule has 0 radical (unpaired) electrons. The molecule has 0 atom stereocenters. The molecule has 1 fully saturated rings. The van der Waals surface area contributed by atoms with Crippen molar-refractivity contribution in [2.75, 3.05) is 25.0 Å². The summed E-state index contributed by atoms with van der Waals surface area (Å²) >= 11 is 3.32. The van der Waals surface area contributed by atoms with E-state index in [0.29, 0.717) is 24.2 Å². The van der Waals surface area contributed by atoms with Crippen LogP contribution in [0.4, 0.5) is 10.1 Å². The van der Waals surface area contributed by atoms with Gasteiger partial charge in [-0.2, -0.15) is 17.0 Å². The minimum atomic E-state index is -3.79. The van der Waals surface area contributed by atoms with Crippen molar-refractivity contribution in [3.05, 3.63) is 64.4 Å². The van der Waals surface area contributed by atoms with Crippen LogP contribution < -0.4 is 5.32 Å². The molecule has 1 aliphatic rings. The second kappa shape index (κ2) is 8.47. The average molecular weight is 456 g/mol. The minimum absolute atomic E-state index is 0.0743. The van der Waals surface area contributed by atoms with Gasteiger partial charge >= 0.3 is 0 Å². The molecule has 1 saturated heterocycles. The molecule has 2 aromatic carbocycles. The van der Waals surface area contributed by atoms with Crippen molar-refractivity contribution in [3.8, 4) is 0 Å². The zero-order chi connectivity index (χ0) is 19.4. The van der Waals surface area contributed by atoms with E-state index in [4.69, 9.17) is 0 Å². The van der Waals surface area contributed by atoms with E-state index in [0.717, 1.165) is 8.78 Å². The summed E-state index contributed by atoms with van der Waals surface area (Å²) in [7, 11) is -3.79. The lowest BCUT2D eigenvalue weighted by atomic mass is 10.2. The predicted molar refractivity (Wildman–Crippen MR) is 105 cm³/mol. The smallest absolute Gasteiger partial charge is 0.282 e. The van der Waals surface area contributed by atoms with Gasteiger partial charge in [-0.05, 0) is 48.4 Å². The summed E-state index contributed by atoms with van der Waals surface area (Å²) in [4.78, 5) is 12.3. The third kappa shape index (κ3) is 5.13. The zero-order valence-electron chi connectivity index (χ0n) is 14.4. The molecule has 0 unspecified atom stereocenters. The number of carbonyl (C=O) groups excluding carboxylic acids is 1. The minimum Gasteiger partial charge on any atom is -0.325 e. The van der Waals surface area contributed by atoms with Crippen molar-refractivity contribution >= 4 is 37.7 Å². The highest BCUT2D eigenvalue weighted by Gasteiger charge is 2.34. The van der Waals surface area contributed by atoms with Crippen molar-refractivity contribution in [1.82, 2.24) is 8.61 Å². The van der Waals surface area contributed by atoms with Crippen LogP contribution in [-0.2, 0) is 21.5 Å². The fourth-order valence-electron chi connectivity index (χ4n) is 2.87. The lowest BCUT2D eigenvalue weighted by Crippen LogP contribution is -2.51.